The van der Waals surface area contributed by atoms with Crippen molar-refractivity contribution in [3.05, 3.63) is 34.9 Å². The van der Waals surface area contributed by atoms with Crippen LogP contribution in [0, 0.1) is 6.92 Å². The SMILES string of the molecule is Cc1nn(CCCNC(=O)c2ccnn2C)cc1Cl. The topological polar surface area (TPSA) is 64.7 Å². The molecule has 2 heterocycles. The number of halogens is 1. The molecule has 7 heteroatoms. The second-order valence-corrected chi connectivity index (χ2v) is 4.68. The molecule has 1 N–H and O–H groups in total. The number of aromatic nitrogens is 4. The minimum Gasteiger partial charge on any atom is -0.351 e. The fourth-order valence-corrected chi connectivity index (χ4v) is 1.89. The molecule has 0 aromatic carbocycles. The third kappa shape index (κ3) is 3.35. The Kier molecular flexibility index (Phi) is 4.21. The van der Waals surface area contributed by atoms with Gasteiger partial charge in [-0.1, -0.05) is 11.6 Å². The molecule has 0 radical (unpaired) electrons. The number of hydrogen-bond acceptors (Lipinski definition) is 3. The fourth-order valence-electron chi connectivity index (χ4n) is 1.74. The fraction of sp³-hybridized carbons (Fsp3) is 0.417. The Morgan fingerprint density at radius 2 is 2.32 bits per heavy atom. The Morgan fingerprint density at radius 1 is 1.53 bits per heavy atom. The van der Waals surface area contributed by atoms with E-state index in [1.165, 1.54) is 0 Å². The van der Waals surface area contributed by atoms with Crippen LogP contribution in [0.2, 0.25) is 5.02 Å². The van der Waals surface area contributed by atoms with Crippen molar-refractivity contribution in [3.63, 3.8) is 0 Å². The minimum absolute atomic E-state index is 0.116. The summed E-state index contributed by atoms with van der Waals surface area (Å²) in [5, 5.41) is 11.7. The molecule has 2 aromatic heterocycles. The lowest BCUT2D eigenvalue weighted by atomic mass is 10.3. The monoisotopic (exact) mass is 281 g/mol. The largest absolute Gasteiger partial charge is 0.351 e. The van der Waals surface area contributed by atoms with Crippen LogP contribution in [0.15, 0.2) is 18.5 Å². The molecule has 0 aliphatic heterocycles. The number of carbonyl (C=O) groups excluding carboxylic acids is 1. The maximum Gasteiger partial charge on any atom is 0.269 e. The number of carbonyl (C=O) groups is 1. The Hall–Kier alpha value is -1.82. The summed E-state index contributed by atoms with van der Waals surface area (Å²) in [4.78, 5) is 11.8. The lowest BCUT2D eigenvalue weighted by Gasteiger charge is -2.05. The maximum absolute atomic E-state index is 11.8. The van der Waals surface area contributed by atoms with Crippen LogP contribution >= 0.6 is 11.6 Å². The van der Waals surface area contributed by atoms with E-state index in [1.807, 2.05) is 6.92 Å². The maximum atomic E-state index is 11.8. The van der Waals surface area contributed by atoms with Gasteiger partial charge in [-0.05, 0) is 19.4 Å². The van der Waals surface area contributed by atoms with Crippen molar-refractivity contribution in [2.24, 2.45) is 7.05 Å². The number of nitrogens with one attached hydrogen (secondary N) is 1. The van der Waals surface area contributed by atoms with Gasteiger partial charge in [0, 0.05) is 32.5 Å². The van der Waals surface area contributed by atoms with Gasteiger partial charge >= 0.3 is 0 Å². The van der Waals surface area contributed by atoms with E-state index >= 15 is 0 Å². The molecule has 2 rings (SSSR count). The minimum atomic E-state index is -0.116. The van der Waals surface area contributed by atoms with Gasteiger partial charge in [-0.15, -0.1) is 0 Å². The van der Waals surface area contributed by atoms with Gasteiger partial charge in [-0.2, -0.15) is 10.2 Å². The van der Waals surface area contributed by atoms with Gasteiger partial charge < -0.3 is 5.32 Å². The predicted molar refractivity (Wildman–Crippen MR) is 72.1 cm³/mol. The molecule has 0 spiro atoms. The van der Waals surface area contributed by atoms with Gasteiger partial charge in [0.25, 0.3) is 5.91 Å². The summed E-state index contributed by atoms with van der Waals surface area (Å²) in [6.07, 6.45) is 4.18. The Morgan fingerprint density at radius 3 is 2.89 bits per heavy atom. The highest BCUT2D eigenvalue weighted by molar-refractivity contribution is 6.31. The van der Waals surface area contributed by atoms with Crippen LogP contribution in [-0.2, 0) is 13.6 Å². The average molecular weight is 282 g/mol. The Labute approximate surface area is 116 Å². The highest BCUT2D eigenvalue weighted by Crippen LogP contribution is 2.11. The van der Waals surface area contributed by atoms with Gasteiger partial charge in [0.1, 0.15) is 5.69 Å². The van der Waals surface area contributed by atoms with Crippen molar-refractivity contribution in [2.45, 2.75) is 19.9 Å². The molecule has 0 fully saturated rings. The van der Waals surface area contributed by atoms with Crippen molar-refractivity contribution in [1.82, 2.24) is 24.9 Å². The summed E-state index contributed by atoms with van der Waals surface area (Å²) in [5.41, 5.74) is 1.37. The summed E-state index contributed by atoms with van der Waals surface area (Å²) in [5.74, 6) is -0.116. The molecule has 0 atom stereocenters. The highest BCUT2D eigenvalue weighted by atomic mass is 35.5. The van der Waals surface area contributed by atoms with Crippen molar-refractivity contribution < 1.29 is 4.79 Å². The molecule has 0 saturated carbocycles. The molecule has 0 bridgehead atoms. The van der Waals surface area contributed by atoms with Crippen molar-refractivity contribution in [3.8, 4) is 0 Å². The smallest absolute Gasteiger partial charge is 0.269 e. The number of nitrogens with zero attached hydrogens (tertiary/aromatic N) is 4. The van der Waals surface area contributed by atoms with E-state index in [4.69, 9.17) is 11.6 Å². The van der Waals surface area contributed by atoms with E-state index in [0.717, 1.165) is 18.7 Å². The summed E-state index contributed by atoms with van der Waals surface area (Å²) < 4.78 is 3.33. The van der Waals surface area contributed by atoms with Crippen molar-refractivity contribution in [2.75, 3.05) is 6.54 Å². The second-order valence-electron chi connectivity index (χ2n) is 4.28. The number of amides is 1. The van der Waals surface area contributed by atoms with Crippen LogP contribution in [0.3, 0.4) is 0 Å². The molecule has 0 unspecified atom stereocenters. The van der Waals surface area contributed by atoms with Crippen LogP contribution in [0.25, 0.3) is 0 Å². The van der Waals surface area contributed by atoms with E-state index in [1.54, 1.807) is 34.9 Å². The Bertz CT molecular complexity index is 555. The Balaban J connectivity index is 1.75. The molecule has 102 valence electrons. The summed E-state index contributed by atoms with van der Waals surface area (Å²) in [6, 6.07) is 1.69. The third-order valence-corrected chi connectivity index (χ3v) is 3.16. The van der Waals surface area contributed by atoms with E-state index in [2.05, 4.69) is 15.5 Å². The van der Waals surface area contributed by atoms with Gasteiger partial charge in [-0.25, -0.2) is 0 Å². The quantitative estimate of drug-likeness (QED) is 0.843. The number of rotatable bonds is 5. The first-order valence-corrected chi connectivity index (χ1v) is 6.41. The van der Waals surface area contributed by atoms with E-state index < -0.39 is 0 Å². The van der Waals surface area contributed by atoms with Gasteiger partial charge in [-0.3, -0.25) is 14.2 Å². The zero-order chi connectivity index (χ0) is 13.8. The highest BCUT2D eigenvalue weighted by Gasteiger charge is 2.08. The summed E-state index contributed by atoms with van der Waals surface area (Å²) in [7, 11) is 1.74. The molecule has 1 amide bonds. The molecule has 0 aliphatic rings. The lowest BCUT2D eigenvalue weighted by molar-refractivity contribution is 0.0943. The summed E-state index contributed by atoms with van der Waals surface area (Å²) in [6.45, 7) is 3.17. The lowest BCUT2D eigenvalue weighted by Crippen LogP contribution is -2.27. The molecule has 19 heavy (non-hydrogen) atoms. The molecule has 6 nitrogen and oxygen atoms in total. The first-order chi connectivity index (χ1) is 9.08. The predicted octanol–water partition coefficient (Wildman–Crippen LogP) is 1.40. The van der Waals surface area contributed by atoms with Crippen molar-refractivity contribution in [1.29, 1.82) is 0 Å². The van der Waals surface area contributed by atoms with Crippen LogP contribution in [-0.4, -0.2) is 32.0 Å². The zero-order valence-corrected chi connectivity index (χ0v) is 11.7. The van der Waals surface area contributed by atoms with Crippen LogP contribution < -0.4 is 5.32 Å². The molecule has 2 aromatic rings. The number of hydrogen-bond donors (Lipinski definition) is 1. The van der Waals surface area contributed by atoms with E-state index in [9.17, 15) is 4.79 Å². The van der Waals surface area contributed by atoms with Crippen LogP contribution in [0.5, 0.6) is 0 Å². The molecule has 0 aliphatic carbocycles. The van der Waals surface area contributed by atoms with Gasteiger partial charge in [0.15, 0.2) is 0 Å². The molecular formula is C12H16ClN5O. The molecular weight excluding hydrogens is 266 g/mol. The standard InChI is InChI=1S/C12H16ClN5O/c1-9-10(13)8-18(16-9)7-3-5-14-12(19)11-4-6-15-17(11)2/h4,6,8H,3,5,7H2,1-2H3,(H,14,19). The zero-order valence-electron chi connectivity index (χ0n) is 10.9. The van der Waals surface area contributed by atoms with Crippen LogP contribution in [0.4, 0.5) is 0 Å². The average Bonchev–Trinajstić information content (AvgIpc) is 2.92. The van der Waals surface area contributed by atoms with E-state index in [0.29, 0.717) is 17.3 Å². The van der Waals surface area contributed by atoms with E-state index in [-0.39, 0.29) is 5.91 Å². The summed E-state index contributed by atoms with van der Waals surface area (Å²) >= 11 is 5.91. The van der Waals surface area contributed by atoms with Gasteiger partial charge in [0.05, 0.1) is 10.7 Å². The van der Waals surface area contributed by atoms with Gasteiger partial charge in [0.2, 0.25) is 0 Å². The van der Waals surface area contributed by atoms with Crippen LogP contribution in [0.1, 0.15) is 22.6 Å². The first kappa shape index (κ1) is 13.6. The first-order valence-electron chi connectivity index (χ1n) is 6.03. The van der Waals surface area contributed by atoms with Crippen molar-refractivity contribution >= 4 is 17.5 Å². The normalized spacial score (nSPS) is 10.7. The third-order valence-electron chi connectivity index (χ3n) is 2.79. The number of aryl methyl sites for hydroxylation is 3. The molecule has 0 saturated heterocycles. The second kappa shape index (κ2) is 5.88.